The highest BCUT2D eigenvalue weighted by Crippen LogP contribution is 2.42. The maximum Gasteiger partial charge on any atom is 0.227 e. The van der Waals surface area contributed by atoms with Crippen LogP contribution in [0, 0.1) is 0 Å². The Balaban J connectivity index is 2.43. The molecule has 2 unspecified atom stereocenters. The second-order valence-electron chi connectivity index (χ2n) is 6.51. The zero-order valence-corrected chi connectivity index (χ0v) is 14.0. The molecular weight excluding hydrogens is 360 g/mol. The zero-order valence-electron chi connectivity index (χ0n) is 14.0. The van der Waals surface area contributed by atoms with Crippen LogP contribution in [0.2, 0.25) is 0 Å². The Kier molecular flexibility index (Phi) is 6.60. The highest BCUT2D eigenvalue weighted by Gasteiger charge is 2.65. The lowest BCUT2D eigenvalue weighted by Crippen LogP contribution is -2.72. The Bertz CT molecular complexity index is 475. The number of aliphatic hydroxyl groups excluding tert-OH is 9. The lowest BCUT2D eigenvalue weighted by molar-refractivity contribution is -0.450. The summed E-state index contributed by atoms with van der Waals surface area (Å²) in [4.78, 5) is 0. The molecule has 10 atom stereocenters. The topological polar surface area (TPSA) is 210 Å². The average molecular weight is 386 g/mol. The molecule has 2 heterocycles. The van der Waals surface area contributed by atoms with E-state index in [1.807, 2.05) is 0 Å². The number of hydrogen-bond donors (Lipinski definition) is 9. The highest BCUT2D eigenvalue weighted by molar-refractivity contribution is 5.04. The molecule has 9 N–H and O–H groups in total. The summed E-state index contributed by atoms with van der Waals surface area (Å²) in [5.74, 6) is -4.99. The molecule has 0 saturated carbocycles. The third-order valence-corrected chi connectivity index (χ3v) is 4.80. The normalized spacial score (nSPS) is 50.8. The van der Waals surface area contributed by atoms with E-state index in [-0.39, 0.29) is 0 Å². The molecule has 0 aliphatic carbocycles. The molecule has 2 saturated heterocycles. The maximum absolute atomic E-state index is 10.4. The van der Waals surface area contributed by atoms with E-state index in [2.05, 4.69) is 0 Å². The van der Waals surface area contributed by atoms with Gasteiger partial charge in [0.05, 0.1) is 13.2 Å². The van der Waals surface area contributed by atoms with Gasteiger partial charge in [0.15, 0.2) is 0 Å². The van der Waals surface area contributed by atoms with Crippen molar-refractivity contribution in [1.82, 2.24) is 0 Å². The van der Waals surface area contributed by atoms with Gasteiger partial charge < -0.3 is 60.2 Å². The molecule has 2 rings (SSSR count). The van der Waals surface area contributed by atoms with Gasteiger partial charge in [0.2, 0.25) is 11.6 Å². The van der Waals surface area contributed by atoms with Crippen LogP contribution in [-0.4, -0.2) is 126 Å². The van der Waals surface area contributed by atoms with Crippen molar-refractivity contribution in [3.63, 3.8) is 0 Å². The molecule has 26 heavy (non-hydrogen) atoms. The first-order valence-corrected chi connectivity index (χ1v) is 8.07. The average Bonchev–Trinajstić information content (AvgIpc) is 2.87. The quantitative estimate of drug-likeness (QED) is 0.209. The summed E-state index contributed by atoms with van der Waals surface area (Å²) in [5, 5.41) is 88.7. The fourth-order valence-corrected chi connectivity index (χ4v) is 3.20. The second kappa shape index (κ2) is 7.87. The summed E-state index contributed by atoms with van der Waals surface area (Å²) in [7, 11) is 0. The summed E-state index contributed by atoms with van der Waals surface area (Å²) in [5.41, 5.74) is 0. The Morgan fingerprint density at radius 3 is 1.81 bits per heavy atom. The van der Waals surface area contributed by atoms with Gasteiger partial charge in [-0.25, -0.2) is 0 Å². The van der Waals surface area contributed by atoms with Gasteiger partial charge in [-0.1, -0.05) is 0 Å². The van der Waals surface area contributed by atoms with Crippen molar-refractivity contribution in [2.24, 2.45) is 0 Å². The van der Waals surface area contributed by atoms with E-state index >= 15 is 0 Å². The van der Waals surface area contributed by atoms with Crippen molar-refractivity contribution >= 4 is 0 Å². The molecule has 0 radical (unpaired) electrons. The standard InChI is InChI=1S/C14H26O12/c1-5(18)14(12(23)10(21)8(19)6(2-15)25-14)26-13(4-17)11(22)9(20)7(3-16)24-13/h5-12,15-23H,2-4H2,1H3/t5?,6-,7-,8-,9-,10+,11+,12-,13?,14+/m1/s1. The van der Waals surface area contributed by atoms with Crippen LogP contribution in [0.15, 0.2) is 0 Å². The summed E-state index contributed by atoms with van der Waals surface area (Å²) in [6.45, 7) is -1.56. The molecule has 0 aromatic heterocycles. The minimum Gasteiger partial charge on any atom is -0.394 e. The van der Waals surface area contributed by atoms with Crippen molar-refractivity contribution < 1.29 is 60.2 Å². The van der Waals surface area contributed by atoms with Crippen molar-refractivity contribution in [3.8, 4) is 0 Å². The van der Waals surface area contributed by atoms with Gasteiger partial charge >= 0.3 is 0 Å². The number of aliphatic hydroxyl groups is 9. The van der Waals surface area contributed by atoms with Crippen molar-refractivity contribution in [3.05, 3.63) is 0 Å². The van der Waals surface area contributed by atoms with Crippen molar-refractivity contribution in [1.29, 1.82) is 0 Å². The number of rotatable bonds is 6. The number of ether oxygens (including phenoxy) is 3. The van der Waals surface area contributed by atoms with Crippen LogP contribution in [0.25, 0.3) is 0 Å². The molecule has 12 heteroatoms. The molecule has 0 aromatic carbocycles. The van der Waals surface area contributed by atoms with Crippen LogP contribution in [0.4, 0.5) is 0 Å². The Hall–Kier alpha value is -0.480. The largest absolute Gasteiger partial charge is 0.394 e. The zero-order chi connectivity index (χ0) is 19.9. The summed E-state index contributed by atoms with van der Waals surface area (Å²) in [6.07, 6.45) is -13.9. The van der Waals surface area contributed by atoms with Crippen LogP contribution in [-0.2, 0) is 14.2 Å². The van der Waals surface area contributed by atoms with E-state index in [0.29, 0.717) is 0 Å². The lowest BCUT2D eigenvalue weighted by Gasteiger charge is -2.52. The fraction of sp³-hybridized carbons (Fsp3) is 1.00. The smallest absolute Gasteiger partial charge is 0.227 e. The molecular formula is C14H26O12. The molecule has 12 nitrogen and oxygen atoms in total. The monoisotopic (exact) mass is 386 g/mol. The SMILES string of the molecule is CC(O)[C@@]1(OC2(CO)O[C@H](CO)[C@@H](O)[C@@H]2O)O[C@H](CO)[C@@H](O)[C@H](O)[C@H]1O. The molecule has 2 aliphatic heterocycles. The first-order chi connectivity index (χ1) is 12.1. The van der Waals surface area contributed by atoms with Gasteiger partial charge in [0.25, 0.3) is 0 Å². The summed E-state index contributed by atoms with van der Waals surface area (Å²) in [6, 6.07) is 0. The van der Waals surface area contributed by atoms with E-state index < -0.39 is 80.2 Å². The van der Waals surface area contributed by atoms with Gasteiger partial charge in [-0.15, -0.1) is 0 Å². The third kappa shape index (κ3) is 3.26. The Labute approximate surface area is 148 Å². The van der Waals surface area contributed by atoms with E-state index in [9.17, 15) is 46.0 Å². The minimum atomic E-state index is -2.56. The molecule has 0 amide bonds. The lowest BCUT2D eigenvalue weighted by atomic mass is 9.89. The van der Waals surface area contributed by atoms with Crippen LogP contribution < -0.4 is 0 Å². The van der Waals surface area contributed by atoms with E-state index in [4.69, 9.17) is 14.2 Å². The number of hydrogen-bond acceptors (Lipinski definition) is 12. The van der Waals surface area contributed by atoms with Crippen LogP contribution in [0.3, 0.4) is 0 Å². The van der Waals surface area contributed by atoms with Crippen molar-refractivity contribution in [2.45, 2.75) is 67.3 Å². The van der Waals surface area contributed by atoms with Gasteiger partial charge in [0.1, 0.15) is 55.4 Å². The van der Waals surface area contributed by atoms with Crippen LogP contribution in [0.5, 0.6) is 0 Å². The second-order valence-corrected chi connectivity index (χ2v) is 6.51. The molecule has 154 valence electrons. The first-order valence-electron chi connectivity index (χ1n) is 8.07. The molecule has 2 fully saturated rings. The van der Waals surface area contributed by atoms with E-state index in [0.717, 1.165) is 6.92 Å². The molecule has 0 spiro atoms. The van der Waals surface area contributed by atoms with Gasteiger partial charge in [-0.05, 0) is 6.92 Å². The van der Waals surface area contributed by atoms with Gasteiger partial charge in [-0.3, -0.25) is 0 Å². The molecule has 2 aliphatic rings. The van der Waals surface area contributed by atoms with Crippen molar-refractivity contribution in [2.75, 3.05) is 19.8 Å². The Morgan fingerprint density at radius 2 is 1.38 bits per heavy atom. The van der Waals surface area contributed by atoms with E-state index in [1.54, 1.807) is 0 Å². The predicted molar refractivity (Wildman–Crippen MR) is 79.3 cm³/mol. The molecule has 0 aromatic rings. The summed E-state index contributed by atoms with van der Waals surface area (Å²) < 4.78 is 15.9. The maximum atomic E-state index is 10.4. The first kappa shape index (κ1) is 21.8. The highest BCUT2D eigenvalue weighted by atomic mass is 16.8. The van der Waals surface area contributed by atoms with Crippen LogP contribution >= 0.6 is 0 Å². The van der Waals surface area contributed by atoms with Gasteiger partial charge in [-0.2, -0.15) is 0 Å². The fourth-order valence-electron chi connectivity index (χ4n) is 3.20. The minimum absolute atomic E-state index is 0.741. The van der Waals surface area contributed by atoms with E-state index in [1.165, 1.54) is 0 Å². The predicted octanol–water partition coefficient (Wildman–Crippen LogP) is -5.64. The third-order valence-electron chi connectivity index (χ3n) is 4.80. The summed E-state index contributed by atoms with van der Waals surface area (Å²) >= 11 is 0. The van der Waals surface area contributed by atoms with Gasteiger partial charge in [0, 0.05) is 0 Å². The molecule has 0 bridgehead atoms. The Morgan fingerprint density at radius 1 is 0.846 bits per heavy atom. The van der Waals surface area contributed by atoms with Crippen LogP contribution in [0.1, 0.15) is 6.92 Å².